The molecule has 176 valence electrons. The van der Waals surface area contributed by atoms with Crippen LogP contribution in [0.2, 0.25) is 0 Å². The molecule has 1 fully saturated rings. The van der Waals surface area contributed by atoms with Crippen molar-refractivity contribution < 1.29 is 14.0 Å². The van der Waals surface area contributed by atoms with Crippen LogP contribution in [0.4, 0.5) is 15.8 Å². The molecule has 1 heterocycles. The molecule has 0 spiro atoms. The minimum Gasteiger partial charge on any atom is -0.367 e. The van der Waals surface area contributed by atoms with Gasteiger partial charge in [-0.3, -0.25) is 14.5 Å². The number of piperazine rings is 1. The number of aryl methyl sites for hydroxylation is 1. The number of hydrogen-bond acceptors (Lipinski definition) is 4. The Hall–Kier alpha value is -3.71. The Morgan fingerprint density at radius 1 is 0.882 bits per heavy atom. The van der Waals surface area contributed by atoms with E-state index in [-0.39, 0.29) is 24.2 Å². The summed E-state index contributed by atoms with van der Waals surface area (Å²) in [6.07, 6.45) is 0. The number of para-hydroxylation sites is 2. The third-order valence-electron chi connectivity index (χ3n) is 5.95. The molecule has 1 aliphatic rings. The van der Waals surface area contributed by atoms with E-state index in [1.165, 1.54) is 6.07 Å². The zero-order valence-electron chi connectivity index (χ0n) is 19.3. The summed E-state index contributed by atoms with van der Waals surface area (Å²) in [4.78, 5) is 29.5. The number of nitrogens with one attached hydrogen (secondary N) is 2. The molecule has 7 heteroatoms. The van der Waals surface area contributed by atoms with Crippen molar-refractivity contribution in [1.82, 2.24) is 10.2 Å². The van der Waals surface area contributed by atoms with Crippen LogP contribution in [0.25, 0.3) is 0 Å². The van der Waals surface area contributed by atoms with Crippen LogP contribution in [0.1, 0.15) is 21.5 Å². The average Bonchev–Trinajstić information content (AvgIpc) is 2.85. The molecule has 34 heavy (non-hydrogen) atoms. The highest BCUT2D eigenvalue weighted by molar-refractivity contribution is 6.04. The first-order valence-corrected chi connectivity index (χ1v) is 11.4. The standard InChI is InChI=1S/C27H29FN4O2/c1-20-10-12-21(13-11-20)18-29-27(34)22-6-2-4-8-24(22)30-26(33)19-31-14-16-32(17-15-31)25-9-5-3-7-23(25)28/h2-13H,14-19H2,1H3,(H,29,34)(H,30,33). The van der Waals surface area contributed by atoms with Gasteiger partial charge in [0.15, 0.2) is 0 Å². The molecule has 2 N–H and O–H groups in total. The quantitative estimate of drug-likeness (QED) is 0.563. The molecule has 6 nitrogen and oxygen atoms in total. The van der Waals surface area contributed by atoms with Crippen molar-refractivity contribution in [3.63, 3.8) is 0 Å². The Bertz CT molecular complexity index is 1140. The molecule has 0 bridgehead atoms. The van der Waals surface area contributed by atoms with Crippen LogP contribution in [-0.2, 0) is 11.3 Å². The van der Waals surface area contributed by atoms with Crippen LogP contribution in [0, 0.1) is 12.7 Å². The molecule has 0 aliphatic carbocycles. The van der Waals surface area contributed by atoms with Crippen LogP contribution < -0.4 is 15.5 Å². The number of carbonyl (C=O) groups excluding carboxylic acids is 2. The highest BCUT2D eigenvalue weighted by atomic mass is 19.1. The minimum atomic E-state index is -0.241. The lowest BCUT2D eigenvalue weighted by Crippen LogP contribution is -2.49. The van der Waals surface area contributed by atoms with Gasteiger partial charge in [0.25, 0.3) is 5.91 Å². The fourth-order valence-electron chi connectivity index (χ4n) is 4.02. The molecule has 4 rings (SSSR count). The lowest BCUT2D eigenvalue weighted by molar-refractivity contribution is -0.117. The van der Waals surface area contributed by atoms with Crippen LogP contribution in [0.15, 0.2) is 72.8 Å². The van der Waals surface area contributed by atoms with Crippen molar-refractivity contribution in [1.29, 1.82) is 0 Å². The first-order chi connectivity index (χ1) is 16.5. The summed E-state index contributed by atoms with van der Waals surface area (Å²) in [5, 5.41) is 5.80. The number of anilines is 2. The SMILES string of the molecule is Cc1ccc(CNC(=O)c2ccccc2NC(=O)CN2CCN(c3ccccc3F)CC2)cc1. The van der Waals surface area contributed by atoms with Gasteiger partial charge in [0.05, 0.1) is 23.5 Å². The third-order valence-corrected chi connectivity index (χ3v) is 5.95. The molecule has 0 aromatic heterocycles. The smallest absolute Gasteiger partial charge is 0.253 e. The summed E-state index contributed by atoms with van der Waals surface area (Å²) >= 11 is 0. The van der Waals surface area contributed by atoms with Crippen LogP contribution in [0.3, 0.4) is 0 Å². The van der Waals surface area contributed by atoms with Gasteiger partial charge >= 0.3 is 0 Å². The number of halogens is 1. The molecule has 1 aliphatic heterocycles. The first-order valence-electron chi connectivity index (χ1n) is 11.4. The van der Waals surface area contributed by atoms with Crippen molar-refractivity contribution >= 4 is 23.2 Å². The number of benzene rings is 3. The maximum absolute atomic E-state index is 14.0. The van der Waals surface area contributed by atoms with Gasteiger partial charge in [0, 0.05) is 32.7 Å². The predicted octanol–water partition coefficient (Wildman–Crippen LogP) is 3.82. The summed E-state index contributed by atoms with van der Waals surface area (Å²) < 4.78 is 14.0. The molecule has 3 aromatic rings. The second kappa shape index (κ2) is 10.9. The highest BCUT2D eigenvalue weighted by Gasteiger charge is 2.21. The topological polar surface area (TPSA) is 64.7 Å². The van der Waals surface area contributed by atoms with E-state index < -0.39 is 0 Å². The van der Waals surface area contributed by atoms with E-state index in [0.717, 1.165) is 11.1 Å². The molecule has 0 radical (unpaired) electrons. The van der Waals surface area contributed by atoms with Gasteiger partial charge in [-0.15, -0.1) is 0 Å². The second-order valence-electron chi connectivity index (χ2n) is 8.48. The Balaban J connectivity index is 1.30. The molecular formula is C27H29FN4O2. The van der Waals surface area contributed by atoms with Gasteiger partial charge in [-0.1, -0.05) is 54.1 Å². The highest BCUT2D eigenvalue weighted by Crippen LogP contribution is 2.20. The third kappa shape index (κ3) is 5.99. The largest absolute Gasteiger partial charge is 0.367 e. The minimum absolute atomic E-state index is 0.182. The fourth-order valence-corrected chi connectivity index (χ4v) is 4.02. The van der Waals surface area contributed by atoms with E-state index in [2.05, 4.69) is 10.6 Å². The van der Waals surface area contributed by atoms with Gasteiger partial charge < -0.3 is 15.5 Å². The number of hydrogen-bond donors (Lipinski definition) is 2. The van der Waals surface area contributed by atoms with Crippen LogP contribution in [0.5, 0.6) is 0 Å². The molecular weight excluding hydrogens is 431 g/mol. The summed E-state index contributed by atoms with van der Waals surface area (Å²) in [5.74, 6) is -0.654. The Morgan fingerprint density at radius 2 is 1.56 bits per heavy atom. The van der Waals surface area contributed by atoms with Crippen LogP contribution in [-0.4, -0.2) is 49.4 Å². The Labute approximate surface area is 199 Å². The zero-order chi connectivity index (χ0) is 23.9. The van der Waals surface area contributed by atoms with E-state index in [1.807, 2.05) is 47.1 Å². The average molecular weight is 461 g/mol. The number of amides is 2. The lowest BCUT2D eigenvalue weighted by Gasteiger charge is -2.35. The number of rotatable bonds is 7. The maximum atomic E-state index is 14.0. The normalized spacial score (nSPS) is 14.0. The fraction of sp³-hybridized carbons (Fsp3) is 0.259. The summed E-state index contributed by atoms with van der Waals surface area (Å²) in [6, 6.07) is 21.7. The van der Waals surface area contributed by atoms with Gasteiger partial charge in [-0.2, -0.15) is 0 Å². The van der Waals surface area contributed by atoms with Gasteiger partial charge in [-0.25, -0.2) is 4.39 Å². The lowest BCUT2D eigenvalue weighted by atomic mass is 10.1. The first kappa shape index (κ1) is 23.4. The van der Waals surface area contributed by atoms with Crippen molar-refractivity contribution in [3.05, 3.63) is 95.3 Å². The molecule has 0 atom stereocenters. The molecule has 2 amide bonds. The Kier molecular flexibility index (Phi) is 7.54. The van der Waals surface area contributed by atoms with Gasteiger partial charge in [0.2, 0.25) is 5.91 Å². The Morgan fingerprint density at radius 3 is 2.29 bits per heavy atom. The molecule has 3 aromatic carbocycles. The molecule has 0 unspecified atom stereocenters. The second-order valence-corrected chi connectivity index (χ2v) is 8.48. The molecule has 0 saturated carbocycles. The summed E-state index contributed by atoms with van der Waals surface area (Å²) in [6.45, 7) is 5.24. The number of nitrogens with zero attached hydrogens (tertiary/aromatic N) is 2. The van der Waals surface area contributed by atoms with Crippen molar-refractivity contribution in [3.8, 4) is 0 Å². The van der Waals surface area contributed by atoms with E-state index in [1.54, 1.807) is 36.4 Å². The van der Waals surface area contributed by atoms with E-state index in [0.29, 0.717) is 49.7 Å². The predicted molar refractivity (Wildman–Crippen MR) is 132 cm³/mol. The van der Waals surface area contributed by atoms with Gasteiger partial charge in [0.1, 0.15) is 5.82 Å². The van der Waals surface area contributed by atoms with Crippen molar-refractivity contribution in [2.45, 2.75) is 13.5 Å². The van der Waals surface area contributed by atoms with Crippen LogP contribution >= 0.6 is 0 Å². The van der Waals surface area contributed by atoms with E-state index in [9.17, 15) is 14.0 Å². The molecule has 1 saturated heterocycles. The zero-order valence-corrected chi connectivity index (χ0v) is 19.3. The monoisotopic (exact) mass is 460 g/mol. The van der Waals surface area contributed by atoms with E-state index in [4.69, 9.17) is 0 Å². The van der Waals surface area contributed by atoms with E-state index >= 15 is 0 Å². The number of carbonyl (C=O) groups is 2. The van der Waals surface area contributed by atoms with Gasteiger partial charge in [-0.05, 0) is 36.8 Å². The summed E-state index contributed by atoms with van der Waals surface area (Å²) in [5.41, 5.74) is 3.68. The van der Waals surface area contributed by atoms with Crippen molar-refractivity contribution in [2.24, 2.45) is 0 Å². The maximum Gasteiger partial charge on any atom is 0.253 e. The van der Waals surface area contributed by atoms with Crippen molar-refractivity contribution in [2.75, 3.05) is 42.9 Å². The summed E-state index contributed by atoms with van der Waals surface area (Å²) in [7, 11) is 0.